The van der Waals surface area contributed by atoms with Gasteiger partial charge < -0.3 is 9.72 Å². The molecule has 88 valence electrons. The average Bonchev–Trinajstić information content (AvgIpc) is 2.32. The summed E-state index contributed by atoms with van der Waals surface area (Å²) in [5.74, 6) is 0.777. The molecule has 0 aliphatic rings. The van der Waals surface area contributed by atoms with Gasteiger partial charge in [0.15, 0.2) is 0 Å². The topological polar surface area (TPSA) is 42.1 Å². The van der Waals surface area contributed by atoms with Crippen LogP contribution in [0, 0.1) is 0 Å². The number of aromatic nitrogens is 1. The van der Waals surface area contributed by atoms with Crippen LogP contribution < -0.4 is 10.3 Å². The maximum absolute atomic E-state index is 11.0. The van der Waals surface area contributed by atoms with E-state index in [0.717, 1.165) is 11.3 Å². The Bertz CT molecular complexity index is 534. The third-order valence-electron chi connectivity index (χ3n) is 2.31. The molecular formula is C13H12ClNO2. The molecule has 4 heteroatoms. The van der Waals surface area contributed by atoms with Crippen molar-refractivity contribution in [3.05, 3.63) is 63.5 Å². The maximum atomic E-state index is 11.0. The fraction of sp³-hybridized carbons (Fsp3) is 0.154. The van der Waals surface area contributed by atoms with Crippen LogP contribution in [0.15, 0.2) is 47.4 Å². The van der Waals surface area contributed by atoms with Gasteiger partial charge in [-0.15, -0.1) is 0 Å². The highest BCUT2D eigenvalue weighted by Crippen LogP contribution is 2.15. The Hall–Kier alpha value is -1.74. The van der Waals surface area contributed by atoms with Crippen LogP contribution >= 0.6 is 11.6 Å². The SMILES string of the molecule is O=c1cc(CCOc2ccc(Cl)cc2)cc[nH]1. The highest BCUT2D eigenvalue weighted by molar-refractivity contribution is 6.30. The van der Waals surface area contributed by atoms with E-state index >= 15 is 0 Å². The molecule has 0 atom stereocenters. The van der Waals surface area contributed by atoms with E-state index in [9.17, 15) is 4.79 Å². The van der Waals surface area contributed by atoms with E-state index in [2.05, 4.69) is 4.98 Å². The van der Waals surface area contributed by atoms with Crippen LogP contribution in [-0.2, 0) is 6.42 Å². The summed E-state index contributed by atoms with van der Waals surface area (Å²) < 4.78 is 5.53. The molecule has 2 aromatic rings. The van der Waals surface area contributed by atoms with E-state index in [-0.39, 0.29) is 5.56 Å². The lowest BCUT2D eigenvalue weighted by Gasteiger charge is -2.05. The first-order chi connectivity index (χ1) is 8.24. The van der Waals surface area contributed by atoms with Gasteiger partial charge in [-0.05, 0) is 35.9 Å². The van der Waals surface area contributed by atoms with Crippen molar-refractivity contribution in [3.8, 4) is 5.75 Å². The summed E-state index contributed by atoms with van der Waals surface area (Å²) in [7, 11) is 0. The normalized spacial score (nSPS) is 10.2. The van der Waals surface area contributed by atoms with Crippen molar-refractivity contribution in [2.45, 2.75) is 6.42 Å². The largest absolute Gasteiger partial charge is 0.493 e. The number of ether oxygens (including phenoxy) is 1. The van der Waals surface area contributed by atoms with Gasteiger partial charge in [0.1, 0.15) is 5.75 Å². The monoisotopic (exact) mass is 249 g/mol. The summed E-state index contributed by atoms with van der Waals surface area (Å²) in [6.07, 6.45) is 2.34. The van der Waals surface area contributed by atoms with Crippen LogP contribution in [0.25, 0.3) is 0 Å². The lowest BCUT2D eigenvalue weighted by atomic mass is 10.2. The molecule has 3 nitrogen and oxygen atoms in total. The number of hydrogen-bond donors (Lipinski definition) is 1. The summed E-state index contributed by atoms with van der Waals surface area (Å²) in [6, 6.07) is 10.6. The number of rotatable bonds is 4. The Kier molecular flexibility index (Phi) is 3.83. The Labute approximate surface area is 104 Å². The van der Waals surface area contributed by atoms with Gasteiger partial charge in [0.2, 0.25) is 5.56 Å². The fourth-order valence-electron chi connectivity index (χ4n) is 1.46. The predicted octanol–water partition coefficient (Wildman–Crippen LogP) is 2.65. The number of H-pyrrole nitrogens is 1. The molecule has 0 saturated heterocycles. The number of halogens is 1. The second-order valence-corrected chi connectivity index (χ2v) is 4.05. The second-order valence-electron chi connectivity index (χ2n) is 3.61. The number of nitrogens with one attached hydrogen (secondary N) is 1. The first-order valence-electron chi connectivity index (χ1n) is 5.30. The molecule has 1 N–H and O–H groups in total. The number of benzene rings is 1. The molecule has 0 aliphatic carbocycles. The van der Waals surface area contributed by atoms with Gasteiger partial charge in [-0.2, -0.15) is 0 Å². The van der Waals surface area contributed by atoms with Crippen molar-refractivity contribution in [2.75, 3.05) is 6.61 Å². The van der Waals surface area contributed by atoms with E-state index < -0.39 is 0 Å². The average molecular weight is 250 g/mol. The van der Waals surface area contributed by atoms with Crippen molar-refractivity contribution >= 4 is 11.6 Å². The zero-order chi connectivity index (χ0) is 12.1. The highest BCUT2D eigenvalue weighted by atomic mass is 35.5. The zero-order valence-electron chi connectivity index (χ0n) is 9.15. The predicted molar refractivity (Wildman–Crippen MR) is 67.7 cm³/mol. The number of hydrogen-bond acceptors (Lipinski definition) is 2. The van der Waals surface area contributed by atoms with Crippen molar-refractivity contribution < 1.29 is 4.74 Å². The molecular weight excluding hydrogens is 238 g/mol. The van der Waals surface area contributed by atoms with E-state index in [4.69, 9.17) is 16.3 Å². The van der Waals surface area contributed by atoms with Crippen LogP contribution in [0.1, 0.15) is 5.56 Å². The molecule has 0 amide bonds. The first-order valence-corrected chi connectivity index (χ1v) is 5.68. The molecule has 0 fully saturated rings. The van der Waals surface area contributed by atoms with Crippen LogP contribution in [0.4, 0.5) is 0 Å². The fourth-order valence-corrected chi connectivity index (χ4v) is 1.59. The third kappa shape index (κ3) is 3.64. The van der Waals surface area contributed by atoms with Gasteiger partial charge in [0, 0.05) is 23.7 Å². The smallest absolute Gasteiger partial charge is 0.248 e. The van der Waals surface area contributed by atoms with Crippen LogP contribution in [-0.4, -0.2) is 11.6 Å². The van der Waals surface area contributed by atoms with E-state index in [1.165, 1.54) is 0 Å². The van der Waals surface area contributed by atoms with Crippen LogP contribution in [0.3, 0.4) is 0 Å². The van der Waals surface area contributed by atoms with Crippen molar-refractivity contribution in [3.63, 3.8) is 0 Å². The molecule has 1 aromatic carbocycles. The third-order valence-corrected chi connectivity index (χ3v) is 2.56. The first kappa shape index (κ1) is 11.7. The van der Waals surface area contributed by atoms with Gasteiger partial charge >= 0.3 is 0 Å². The lowest BCUT2D eigenvalue weighted by Crippen LogP contribution is -2.07. The zero-order valence-corrected chi connectivity index (χ0v) is 9.91. The molecule has 2 rings (SSSR count). The Balaban J connectivity index is 1.87. The molecule has 1 heterocycles. The minimum atomic E-state index is -0.0889. The van der Waals surface area contributed by atoms with Crippen LogP contribution in [0.2, 0.25) is 5.02 Å². The Morgan fingerprint density at radius 2 is 1.94 bits per heavy atom. The highest BCUT2D eigenvalue weighted by Gasteiger charge is 1.96. The number of pyridine rings is 1. The van der Waals surface area contributed by atoms with Gasteiger partial charge in [-0.3, -0.25) is 4.79 Å². The molecule has 0 bridgehead atoms. The summed E-state index contributed by atoms with van der Waals surface area (Å²) in [6.45, 7) is 0.533. The van der Waals surface area contributed by atoms with Crippen molar-refractivity contribution in [1.82, 2.24) is 4.98 Å². The van der Waals surface area contributed by atoms with Gasteiger partial charge in [-0.1, -0.05) is 11.6 Å². The van der Waals surface area contributed by atoms with Crippen molar-refractivity contribution in [2.24, 2.45) is 0 Å². The molecule has 0 radical (unpaired) electrons. The van der Waals surface area contributed by atoms with Gasteiger partial charge in [-0.25, -0.2) is 0 Å². The molecule has 17 heavy (non-hydrogen) atoms. The van der Waals surface area contributed by atoms with Crippen LogP contribution in [0.5, 0.6) is 5.75 Å². The second kappa shape index (κ2) is 5.55. The van der Waals surface area contributed by atoms with Gasteiger partial charge in [0.05, 0.1) is 6.61 Å². The molecule has 0 spiro atoms. The minimum absolute atomic E-state index is 0.0889. The maximum Gasteiger partial charge on any atom is 0.248 e. The standard InChI is InChI=1S/C13H12ClNO2/c14-11-1-3-12(4-2-11)17-8-6-10-5-7-15-13(16)9-10/h1-5,7,9H,6,8H2,(H,15,16). The summed E-state index contributed by atoms with van der Waals surface area (Å²) >= 11 is 5.77. The van der Waals surface area contributed by atoms with Crippen molar-refractivity contribution in [1.29, 1.82) is 0 Å². The molecule has 0 aliphatic heterocycles. The number of aromatic amines is 1. The van der Waals surface area contributed by atoms with E-state index in [0.29, 0.717) is 18.1 Å². The quantitative estimate of drug-likeness (QED) is 0.905. The molecule has 0 saturated carbocycles. The minimum Gasteiger partial charge on any atom is -0.493 e. The Morgan fingerprint density at radius 1 is 1.18 bits per heavy atom. The Morgan fingerprint density at radius 3 is 2.65 bits per heavy atom. The molecule has 0 unspecified atom stereocenters. The van der Waals surface area contributed by atoms with Gasteiger partial charge in [0.25, 0.3) is 0 Å². The van der Waals surface area contributed by atoms with E-state index in [1.807, 2.05) is 18.2 Å². The summed E-state index contributed by atoms with van der Waals surface area (Å²) in [4.78, 5) is 13.6. The van der Waals surface area contributed by atoms with E-state index in [1.54, 1.807) is 24.4 Å². The molecule has 1 aromatic heterocycles. The lowest BCUT2D eigenvalue weighted by molar-refractivity contribution is 0.322. The summed E-state index contributed by atoms with van der Waals surface area (Å²) in [5, 5.41) is 0.687. The summed E-state index contributed by atoms with van der Waals surface area (Å²) in [5.41, 5.74) is 0.872.